The maximum Gasteiger partial charge on any atom is 0.231 e. The van der Waals surface area contributed by atoms with Crippen LogP contribution in [0.2, 0.25) is 0 Å². The summed E-state index contributed by atoms with van der Waals surface area (Å²) in [7, 11) is 0. The lowest BCUT2D eigenvalue weighted by molar-refractivity contribution is -0.126. The topological polar surface area (TPSA) is 49.3 Å². The molecule has 0 fully saturated rings. The van der Waals surface area contributed by atoms with Crippen molar-refractivity contribution in [1.29, 1.82) is 0 Å². The van der Waals surface area contributed by atoms with Gasteiger partial charge in [0.05, 0.1) is 12.0 Å². The predicted octanol–water partition coefficient (Wildman–Crippen LogP) is 1.52. The van der Waals surface area contributed by atoms with Crippen molar-refractivity contribution in [1.82, 2.24) is 5.32 Å². The van der Waals surface area contributed by atoms with Gasteiger partial charge in [-0.05, 0) is 32.2 Å². The zero-order valence-corrected chi connectivity index (χ0v) is 10.1. The van der Waals surface area contributed by atoms with Gasteiger partial charge >= 0.3 is 0 Å². The van der Waals surface area contributed by atoms with Gasteiger partial charge in [-0.3, -0.25) is 4.79 Å². The van der Waals surface area contributed by atoms with Crippen LogP contribution in [0.5, 0.6) is 0 Å². The molecule has 1 unspecified atom stereocenters. The van der Waals surface area contributed by atoms with Crippen LogP contribution in [0.15, 0.2) is 17.5 Å². The number of rotatable bonds is 4. The zero-order valence-electron chi connectivity index (χ0n) is 9.28. The number of aliphatic hydroxyl groups is 1. The van der Waals surface area contributed by atoms with E-state index in [1.807, 2.05) is 31.4 Å². The summed E-state index contributed by atoms with van der Waals surface area (Å²) in [5.41, 5.74) is -0.530. The predicted molar refractivity (Wildman–Crippen MR) is 62.0 cm³/mol. The molecular formula is C11H17NO2S. The number of carbonyl (C=O) groups excluding carboxylic acids is 1. The summed E-state index contributed by atoms with van der Waals surface area (Å²) in [6.07, 6.45) is 0. The Kier molecular flexibility index (Phi) is 3.88. The molecule has 1 heterocycles. The molecule has 1 amide bonds. The van der Waals surface area contributed by atoms with E-state index in [0.29, 0.717) is 0 Å². The summed E-state index contributed by atoms with van der Waals surface area (Å²) in [4.78, 5) is 12.9. The second-order valence-electron chi connectivity index (χ2n) is 4.16. The van der Waals surface area contributed by atoms with Gasteiger partial charge in [-0.25, -0.2) is 0 Å². The first-order chi connectivity index (χ1) is 6.98. The van der Waals surface area contributed by atoms with Crippen LogP contribution in [0.1, 0.15) is 25.6 Å². The first-order valence-corrected chi connectivity index (χ1v) is 5.82. The van der Waals surface area contributed by atoms with Crippen molar-refractivity contribution >= 4 is 17.2 Å². The van der Waals surface area contributed by atoms with Gasteiger partial charge in [0.25, 0.3) is 0 Å². The molecule has 84 valence electrons. The van der Waals surface area contributed by atoms with E-state index in [4.69, 9.17) is 5.11 Å². The maximum absolute atomic E-state index is 11.9. The molecule has 0 aromatic carbocycles. The SMILES string of the molecule is CC(CO)NC(=O)C(C)(C)c1cccs1. The van der Waals surface area contributed by atoms with Gasteiger partial charge in [0.1, 0.15) is 0 Å². The monoisotopic (exact) mass is 227 g/mol. The Morgan fingerprint density at radius 2 is 2.33 bits per heavy atom. The summed E-state index contributed by atoms with van der Waals surface area (Å²) < 4.78 is 0. The minimum absolute atomic E-state index is 0.0355. The largest absolute Gasteiger partial charge is 0.394 e. The van der Waals surface area contributed by atoms with Gasteiger partial charge in [-0.1, -0.05) is 6.07 Å². The van der Waals surface area contributed by atoms with Crippen molar-refractivity contribution in [3.8, 4) is 0 Å². The highest BCUT2D eigenvalue weighted by Gasteiger charge is 2.31. The number of hydrogen-bond donors (Lipinski definition) is 2. The van der Waals surface area contributed by atoms with Crippen molar-refractivity contribution < 1.29 is 9.90 Å². The lowest BCUT2D eigenvalue weighted by atomic mass is 9.90. The van der Waals surface area contributed by atoms with E-state index >= 15 is 0 Å². The molecule has 1 rings (SSSR count). The number of aliphatic hydroxyl groups excluding tert-OH is 1. The van der Waals surface area contributed by atoms with Crippen LogP contribution in [-0.4, -0.2) is 23.7 Å². The minimum Gasteiger partial charge on any atom is -0.394 e. The van der Waals surface area contributed by atoms with Gasteiger partial charge in [-0.15, -0.1) is 11.3 Å². The molecule has 0 saturated heterocycles. The fourth-order valence-electron chi connectivity index (χ4n) is 1.20. The molecule has 1 atom stereocenters. The second-order valence-corrected chi connectivity index (χ2v) is 5.11. The molecular weight excluding hydrogens is 210 g/mol. The molecule has 2 N–H and O–H groups in total. The Morgan fingerprint density at radius 1 is 1.67 bits per heavy atom. The van der Waals surface area contributed by atoms with Crippen molar-refractivity contribution in [2.24, 2.45) is 0 Å². The normalized spacial score (nSPS) is 13.6. The molecule has 15 heavy (non-hydrogen) atoms. The minimum atomic E-state index is -0.530. The fourth-order valence-corrected chi connectivity index (χ4v) is 2.04. The summed E-state index contributed by atoms with van der Waals surface area (Å²) in [5.74, 6) is -0.0495. The smallest absolute Gasteiger partial charge is 0.231 e. The van der Waals surface area contributed by atoms with E-state index in [1.165, 1.54) is 0 Å². The molecule has 0 spiro atoms. The lowest BCUT2D eigenvalue weighted by Gasteiger charge is -2.24. The number of thiophene rings is 1. The Bertz CT molecular complexity index is 319. The third-order valence-electron chi connectivity index (χ3n) is 2.36. The third-order valence-corrected chi connectivity index (χ3v) is 3.55. The molecule has 3 nitrogen and oxygen atoms in total. The van der Waals surface area contributed by atoms with Crippen LogP contribution in [0.25, 0.3) is 0 Å². The molecule has 0 radical (unpaired) electrons. The molecule has 0 saturated carbocycles. The van der Waals surface area contributed by atoms with Crippen molar-refractivity contribution in [3.05, 3.63) is 22.4 Å². The molecule has 0 aliphatic carbocycles. The quantitative estimate of drug-likeness (QED) is 0.819. The number of carbonyl (C=O) groups is 1. The van der Waals surface area contributed by atoms with Crippen LogP contribution in [0.3, 0.4) is 0 Å². The molecule has 0 aliphatic heterocycles. The van der Waals surface area contributed by atoms with Gasteiger partial charge in [-0.2, -0.15) is 0 Å². The standard InChI is InChI=1S/C11H17NO2S/c1-8(7-13)12-10(14)11(2,3)9-5-4-6-15-9/h4-6,8,13H,7H2,1-3H3,(H,12,14). The lowest BCUT2D eigenvalue weighted by Crippen LogP contribution is -2.45. The third kappa shape index (κ3) is 2.79. The van der Waals surface area contributed by atoms with Gasteiger partial charge in [0, 0.05) is 10.9 Å². The number of amides is 1. The number of hydrogen-bond acceptors (Lipinski definition) is 3. The average Bonchev–Trinajstić information content (AvgIpc) is 2.70. The van der Waals surface area contributed by atoms with Crippen molar-refractivity contribution in [2.75, 3.05) is 6.61 Å². The summed E-state index contributed by atoms with van der Waals surface area (Å²) in [6.45, 7) is 5.52. The molecule has 0 bridgehead atoms. The van der Waals surface area contributed by atoms with Crippen LogP contribution in [-0.2, 0) is 10.2 Å². The average molecular weight is 227 g/mol. The fraction of sp³-hybridized carbons (Fsp3) is 0.545. The van der Waals surface area contributed by atoms with Gasteiger partial charge in [0.15, 0.2) is 0 Å². The van der Waals surface area contributed by atoms with E-state index in [0.717, 1.165) is 4.88 Å². The van der Waals surface area contributed by atoms with Crippen molar-refractivity contribution in [2.45, 2.75) is 32.2 Å². The zero-order chi connectivity index (χ0) is 11.5. The molecule has 1 aromatic heterocycles. The van der Waals surface area contributed by atoms with Gasteiger partial charge < -0.3 is 10.4 Å². The Balaban J connectivity index is 2.74. The van der Waals surface area contributed by atoms with Crippen LogP contribution in [0.4, 0.5) is 0 Å². The highest BCUT2D eigenvalue weighted by molar-refractivity contribution is 7.10. The van der Waals surface area contributed by atoms with Crippen LogP contribution >= 0.6 is 11.3 Å². The Hall–Kier alpha value is -0.870. The second kappa shape index (κ2) is 4.77. The summed E-state index contributed by atoms with van der Waals surface area (Å²) in [6, 6.07) is 3.69. The Morgan fingerprint density at radius 3 is 2.80 bits per heavy atom. The van der Waals surface area contributed by atoms with Crippen LogP contribution < -0.4 is 5.32 Å². The van der Waals surface area contributed by atoms with Crippen molar-refractivity contribution in [3.63, 3.8) is 0 Å². The highest BCUT2D eigenvalue weighted by Crippen LogP contribution is 2.27. The van der Waals surface area contributed by atoms with E-state index in [-0.39, 0.29) is 18.6 Å². The first-order valence-electron chi connectivity index (χ1n) is 4.94. The van der Waals surface area contributed by atoms with E-state index in [9.17, 15) is 4.79 Å². The van der Waals surface area contributed by atoms with E-state index in [2.05, 4.69) is 5.32 Å². The maximum atomic E-state index is 11.9. The summed E-state index contributed by atoms with van der Waals surface area (Å²) in [5, 5.41) is 13.6. The highest BCUT2D eigenvalue weighted by atomic mass is 32.1. The first kappa shape index (κ1) is 12.2. The molecule has 0 aliphatic rings. The van der Waals surface area contributed by atoms with Crippen LogP contribution in [0, 0.1) is 0 Å². The van der Waals surface area contributed by atoms with Gasteiger partial charge in [0.2, 0.25) is 5.91 Å². The van der Waals surface area contributed by atoms with E-state index < -0.39 is 5.41 Å². The molecule has 4 heteroatoms. The van der Waals surface area contributed by atoms with E-state index in [1.54, 1.807) is 18.3 Å². The molecule has 1 aromatic rings. The number of nitrogens with one attached hydrogen (secondary N) is 1. The Labute approximate surface area is 94.1 Å². The summed E-state index contributed by atoms with van der Waals surface area (Å²) >= 11 is 1.57.